The molecule has 0 fully saturated rings. The van der Waals surface area contributed by atoms with Crippen LogP contribution in [0.1, 0.15) is 52.5 Å². The first-order valence-electron chi connectivity index (χ1n) is 9.19. The van der Waals surface area contributed by atoms with Gasteiger partial charge in [-0.2, -0.15) is 0 Å². The molecule has 0 spiro atoms. The van der Waals surface area contributed by atoms with Gasteiger partial charge in [-0.25, -0.2) is 4.79 Å². The predicted octanol–water partition coefficient (Wildman–Crippen LogP) is 3.60. The van der Waals surface area contributed by atoms with Crippen LogP contribution in [-0.2, 0) is 14.3 Å². The average molecular weight is 382 g/mol. The second-order valence-corrected chi connectivity index (χ2v) is 6.74. The van der Waals surface area contributed by atoms with Crippen LogP contribution in [0.2, 0.25) is 0 Å². The van der Waals surface area contributed by atoms with Gasteiger partial charge in [0, 0.05) is 5.69 Å². The second kappa shape index (κ2) is 9.17. The summed E-state index contributed by atoms with van der Waals surface area (Å²) in [6, 6.07) is 9.96. The predicted molar refractivity (Wildman–Crippen MR) is 108 cm³/mol. The highest BCUT2D eigenvalue weighted by Gasteiger charge is 2.19. The van der Waals surface area contributed by atoms with Crippen molar-refractivity contribution in [2.75, 3.05) is 11.9 Å². The molecule has 0 aromatic heterocycles. The Morgan fingerprint density at radius 1 is 0.929 bits per heavy atom. The molecule has 2 aromatic carbocycles. The highest BCUT2D eigenvalue weighted by molar-refractivity contribution is 6.39. The SMILES string of the molecule is CCOC(=O)c1ccc(NC(=O)C(=O)N[C@@H](C)c2cc(C)c(C)cc2C)cc1. The third kappa shape index (κ3) is 5.19. The lowest BCUT2D eigenvalue weighted by atomic mass is 9.96. The molecule has 0 aliphatic carbocycles. The molecule has 6 nitrogen and oxygen atoms in total. The quantitative estimate of drug-likeness (QED) is 0.611. The van der Waals surface area contributed by atoms with E-state index in [9.17, 15) is 14.4 Å². The largest absolute Gasteiger partial charge is 0.462 e. The summed E-state index contributed by atoms with van der Waals surface area (Å²) in [5, 5.41) is 5.25. The first-order chi connectivity index (χ1) is 13.2. The molecule has 0 bridgehead atoms. The van der Waals surface area contributed by atoms with Crippen molar-refractivity contribution in [2.45, 2.75) is 40.7 Å². The van der Waals surface area contributed by atoms with Crippen LogP contribution in [0.15, 0.2) is 36.4 Å². The molecule has 148 valence electrons. The summed E-state index contributed by atoms with van der Waals surface area (Å²) in [6.45, 7) is 9.89. The molecule has 0 heterocycles. The van der Waals surface area contributed by atoms with Crippen molar-refractivity contribution < 1.29 is 19.1 Å². The fourth-order valence-corrected chi connectivity index (χ4v) is 2.88. The first kappa shape index (κ1) is 21.2. The molecule has 0 saturated heterocycles. The van der Waals surface area contributed by atoms with Crippen LogP contribution in [0.3, 0.4) is 0 Å². The second-order valence-electron chi connectivity index (χ2n) is 6.74. The lowest BCUT2D eigenvalue weighted by Crippen LogP contribution is -2.37. The van der Waals surface area contributed by atoms with Gasteiger partial charge in [0.05, 0.1) is 18.2 Å². The van der Waals surface area contributed by atoms with Gasteiger partial charge in [-0.3, -0.25) is 9.59 Å². The number of carbonyl (C=O) groups excluding carboxylic acids is 3. The zero-order chi connectivity index (χ0) is 20.8. The normalized spacial score (nSPS) is 11.5. The van der Waals surface area contributed by atoms with Crippen molar-refractivity contribution in [1.29, 1.82) is 0 Å². The van der Waals surface area contributed by atoms with Crippen LogP contribution in [0, 0.1) is 20.8 Å². The molecule has 0 unspecified atom stereocenters. The minimum absolute atomic E-state index is 0.287. The Kier molecular flexibility index (Phi) is 6.93. The van der Waals surface area contributed by atoms with Crippen LogP contribution in [0.5, 0.6) is 0 Å². The lowest BCUT2D eigenvalue weighted by molar-refractivity contribution is -0.136. The minimum atomic E-state index is -0.766. The summed E-state index contributed by atoms with van der Waals surface area (Å²) in [4.78, 5) is 36.1. The van der Waals surface area contributed by atoms with E-state index in [-0.39, 0.29) is 12.6 Å². The van der Waals surface area contributed by atoms with E-state index in [2.05, 4.69) is 16.7 Å². The maximum atomic E-state index is 12.3. The summed E-state index contributed by atoms with van der Waals surface area (Å²) in [7, 11) is 0. The zero-order valence-corrected chi connectivity index (χ0v) is 16.9. The lowest BCUT2D eigenvalue weighted by Gasteiger charge is -2.18. The van der Waals surface area contributed by atoms with Gasteiger partial charge in [0.15, 0.2) is 0 Å². The summed E-state index contributed by atoms with van der Waals surface area (Å²) in [5.74, 6) is -1.92. The number of anilines is 1. The van der Waals surface area contributed by atoms with E-state index in [4.69, 9.17) is 4.74 Å². The van der Waals surface area contributed by atoms with E-state index in [1.807, 2.05) is 33.8 Å². The number of esters is 1. The first-order valence-corrected chi connectivity index (χ1v) is 9.19. The van der Waals surface area contributed by atoms with Gasteiger partial charge in [0.1, 0.15) is 0 Å². The van der Waals surface area contributed by atoms with Crippen molar-refractivity contribution in [3.05, 3.63) is 64.2 Å². The van der Waals surface area contributed by atoms with Crippen molar-refractivity contribution in [1.82, 2.24) is 5.32 Å². The van der Waals surface area contributed by atoms with Crippen LogP contribution in [0.25, 0.3) is 0 Å². The molecule has 2 aromatic rings. The van der Waals surface area contributed by atoms with E-state index < -0.39 is 17.8 Å². The van der Waals surface area contributed by atoms with Crippen LogP contribution >= 0.6 is 0 Å². The van der Waals surface area contributed by atoms with E-state index in [1.165, 1.54) is 17.7 Å². The molecular formula is C22H26N2O4. The fraction of sp³-hybridized carbons (Fsp3) is 0.318. The maximum absolute atomic E-state index is 12.3. The Hall–Kier alpha value is -3.15. The standard InChI is InChI=1S/C22H26N2O4/c1-6-28-22(27)17-7-9-18(10-8-17)24-21(26)20(25)23-16(5)19-12-14(3)13(2)11-15(19)4/h7-12,16H,6H2,1-5H3,(H,23,25)(H,24,26)/t16-/m0/s1. The summed E-state index contributed by atoms with van der Waals surface area (Å²) in [6.07, 6.45) is 0. The molecule has 6 heteroatoms. The van der Waals surface area contributed by atoms with Gasteiger partial charge in [-0.15, -0.1) is 0 Å². The molecule has 0 radical (unpaired) electrons. The molecule has 1 atom stereocenters. The molecule has 28 heavy (non-hydrogen) atoms. The molecule has 0 aliphatic heterocycles. The van der Waals surface area contributed by atoms with Crippen LogP contribution < -0.4 is 10.6 Å². The van der Waals surface area contributed by atoms with Crippen molar-refractivity contribution in [3.63, 3.8) is 0 Å². The molecule has 2 amide bonds. The Morgan fingerprint density at radius 2 is 1.54 bits per heavy atom. The third-order valence-electron chi connectivity index (χ3n) is 4.56. The number of ether oxygens (including phenoxy) is 1. The van der Waals surface area contributed by atoms with Gasteiger partial charge in [0.25, 0.3) is 0 Å². The molecule has 0 aliphatic rings. The van der Waals surface area contributed by atoms with Crippen molar-refractivity contribution >= 4 is 23.5 Å². The van der Waals surface area contributed by atoms with Crippen LogP contribution in [-0.4, -0.2) is 24.4 Å². The number of benzene rings is 2. The van der Waals surface area contributed by atoms with Gasteiger partial charge >= 0.3 is 17.8 Å². The van der Waals surface area contributed by atoms with Crippen molar-refractivity contribution in [2.24, 2.45) is 0 Å². The highest BCUT2D eigenvalue weighted by atomic mass is 16.5. The van der Waals surface area contributed by atoms with Crippen molar-refractivity contribution in [3.8, 4) is 0 Å². The summed E-state index contributed by atoms with van der Waals surface area (Å²) < 4.78 is 4.91. The number of hydrogen-bond acceptors (Lipinski definition) is 4. The molecule has 0 saturated carbocycles. The number of aryl methyl sites for hydroxylation is 3. The van der Waals surface area contributed by atoms with E-state index in [0.717, 1.165) is 16.7 Å². The molecular weight excluding hydrogens is 356 g/mol. The third-order valence-corrected chi connectivity index (χ3v) is 4.56. The van der Waals surface area contributed by atoms with Crippen LogP contribution in [0.4, 0.5) is 5.69 Å². The Bertz CT molecular complexity index is 888. The molecule has 2 rings (SSSR count). The molecule has 2 N–H and O–H groups in total. The zero-order valence-electron chi connectivity index (χ0n) is 16.9. The number of hydrogen-bond donors (Lipinski definition) is 2. The minimum Gasteiger partial charge on any atom is -0.462 e. The number of nitrogens with one attached hydrogen (secondary N) is 2. The van der Waals surface area contributed by atoms with E-state index >= 15 is 0 Å². The smallest absolute Gasteiger partial charge is 0.338 e. The number of carbonyl (C=O) groups is 3. The topological polar surface area (TPSA) is 84.5 Å². The van der Waals surface area contributed by atoms with Gasteiger partial charge < -0.3 is 15.4 Å². The Balaban J connectivity index is 2.00. The van der Waals surface area contributed by atoms with Gasteiger partial charge in [-0.1, -0.05) is 12.1 Å². The van der Waals surface area contributed by atoms with Gasteiger partial charge in [0.2, 0.25) is 0 Å². The Morgan fingerprint density at radius 3 is 2.14 bits per heavy atom. The maximum Gasteiger partial charge on any atom is 0.338 e. The summed E-state index contributed by atoms with van der Waals surface area (Å²) >= 11 is 0. The average Bonchev–Trinajstić information content (AvgIpc) is 2.65. The van der Waals surface area contributed by atoms with Gasteiger partial charge in [-0.05, 0) is 81.1 Å². The Labute approximate surface area is 165 Å². The van der Waals surface area contributed by atoms with E-state index in [1.54, 1.807) is 19.1 Å². The summed E-state index contributed by atoms with van der Waals surface area (Å²) in [5.41, 5.74) is 5.15. The number of rotatable bonds is 5. The highest BCUT2D eigenvalue weighted by Crippen LogP contribution is 2.21. The monoisotopic (exact) mass is 382 g/mol. The number of amides is 2. The fourth-order valence-electron chi connectivity index (χ4n) is 2.88. The van der Waals surface area contributed by atoms with E-state index in [0.29, 0.717) is 11.3 Å².